The lowest BCUT2D eigenvalue weighted by molar-refractivity contribution is 0.796. The first-order chi connectivity index (χ1) is 12.1. The fraction of sp³-hybridized carbons (Fsp3) is 0.111. The molecule has 0 amide bonds. The average Bonchev–Trinajstić information content (AvgIpc) is 2.95. The molecule has 0 unspecified atom stereocenters. The predicted molar refractivity (Wildman–Crippen MR) is 98.9 cm³/mol. The van der Waals surface area contributed by atoms with Crippen molar-refractivity contribution in [3.05, 3.63) is 60.3 Å². The molecule has 0 saturated carbocycles. The second-order valence-corrected chi connectivity index (χ2v) is 6.72. The Balaban J connectivity index is 1.79. The number of aromatic nitrogens is 5. The number of nitrogen functional groups attached to an aromatic ring is 1. The lowest BCUT2D eigenvalue weighted by atomic mass is 10.2. The van der Waals surface area contributed by atoms with Gasteiger partial charge in [0.15, 0.2) is 5.82 Å². The summed E-state index contributed by atoms with van der Waals surface area (Å²) in [5.74, 6) is 0.594. The third-order valence-electron chi connectivity index (χ3n) is 3.84. The highest BCUT2D eigenvalue weighted by molar-refractivity contribution is 7.99. The molecule has 0 aliphatic heterocycles. The van der Waals surface area contributed by atoms with Crippen molar-refractivity contribution in [3.8, 4) is 5.82 Å². The standard InChI is InChI=1S/C18H16N6S/c1-11-9-12(2)24(23-11)17-15(19)18(22-10-21-17)25-14-7-3-5-13-6-4-8-20-16(13)14/h3-10H,19H2,1-2H3. The third-order valence-corrected chi connectivity index (χ3v) is 4.91. The van der Waals surface area contributed by atoms with E-state index in [0.29, 0.717) is 16.5 Å². The molecule has 25 heavy (non-hydrogen) atoms. The van der Waals surface area contributed by atoms with Gasteiger partial charge in [0.2, 0.25) is 0 Å². The third kappa shape index (κ3) is 2.83. The van der Waals surface area contributed by atoms with Crippen LogP contribution >= 0.6 is 11.8 Å². The van der Waals surface area contributed by atoms with Crippen LogP contribution in [0.3, 0.4) is 0 Å². The summed E-state index contributed by atoms with van der Waals surface area (Å²) in [4.78, 5) is 14.2. The molecule has 0 aliphatic rings. The second-order valence-electron chi connectivity index (χ2n) is 5.69. The largest absolute Gasteiger partial charge is 0.393 e. The van der Waals surface area contributed by atoms with Crippen LogP contribution in [0, 0.1) is 13.8 Å². The van der Waals surface area contributed by atoms with Crippen molar-refractivity contribution < 1.29 is 0 Å². The molecule has 3 aromatic heterocycles. The molecule has 0 spiro atoms. The van der Waals surface area contributed by atoms with Gasteiger partial charge in [-0.05, 0) is 32.0 Å². The predicted octanol–water partition coefficient (Wildman–Crippen LogP) is 3.56. The molecule has 1 aromatic carbocycles. The number of pyridine rings is 1. The summed E-state index contributed by atoms with van der Waals surface area (Å²) in [6, 6.07) is 12.0. The van der Waals surface area contributed by atoms with Gasteiger partial charge in [-0.15, -0.1) is 0 Å². The Labute approximate surface area is 149 Å². The topological polar surface area (TPSA) is 82.5 Å². The number of nitrogens with zero attached hydrogens (tertiary/aromatic N) is 5. The zero-order chi connectivity index (χ0) is 17.4. The van der Waals surface area contributed by atoms with Crippen molar-refractivity contribution in [2.75, 3.05) is 5.73 Å². The van der Waals surface area contributed by atoms with Crippen LogP contribution in [0.2, 0.25) is 0 Å². The van der Waals surface area contributed by atoms with Crippen molar-refractivity contribution in [2.24, 2.45) is 0 Å². The zero-order valence-electron chi connectivity index (χ0n) is 13.8. The van der Waals surface area contributed by atoms with E-state index in [9.17, 15) is 0 Å². The summed E-state index contributed by atoms with van der Waals surface area (Å²) in [7, 11) is 0. The van der Waals surface area contributed by atoms with Crippen LogP contribution in [0.25, 0.3) is 16.7 Å². The average molecular weight is 348 g/mol. The number of fused-ring (bicyclic) bond motifs is 1. The Morgan fingerprint density at radius 2 is 1.88 bits per heavy atom. The number of para-hydroxylation sites is 1. The van der Waals surface area contributed by atoms with Crippen LogP contribution in [0.4, 0.5) is 5.69 Å². The Kier molecular flexibility index (Phi) is 3.85. The fourth-order valence-electron chi connectivity index (χ4n) is 2.73. The van der Waals surface area contributed by atoms with Crippen molar-refractivity contribution in [2.45, 2.75) is 23.8 Å². The first kappa shape index (κ1) is 15.6. The van der Waals surface area contributed by atoms with Crippen LogP contribution in [-0.4, -0.2) is 24.7 Å². The van der Waals surface area contributed by atoms with Gasteiger partial charge in [-0.1, -0.05) is 30.0 Å². The number of benzene rings is 1. The molecule has 6 nitrogen and oxygen atoms in total. The van der Waals surface area contributed by atoms with E-state index in [1.54, 1.807) is 10.9 Å². The van der Waals surface area contributed by atoms with Crippen molar-refractivity contribution >= 4 is 28.4 Å². The van der Waals surface area contributed by atoms with Gasteiger partial charge in [-0.2, -0.15) is 5.10 Å². The number of anilines is 1. The molecule has 2 N–H and O–H groups in total. The summed E-state index contributed by atoms with van der Waals surface area (Å²) < 4.78 is 1.75. The maximum Gasteiger partial charge on any atom is 0.181 e. The number of rotatable bonds is 3. The molecule has 4 aromatic rings. The van der Waals surface area contributed by atoms with E-state index in [0.717, 1.165) is 27.2 Å². The maximum absolute atomic E-state index is 6.36. The van der Waals surface area contributed by atoms with Crippen molar-refractivity contribution in [3.63, 3.8) is 0 Å². The molecule has 0 aliphatic carbocycles. The van der Waals surface area contributed by atoms with Crippen LogP contribution in [0.5, 0.6) is 0 Å². The summed E-state index contributed by atoms with van der Waals surface area (Å²) in [5, 5.41) is 6.24. The number of aryl methyl sites for hydroxylation is 2. The Bertz CT molecular complexity index is 1070. The Morgan fingerprint density at radius 1 is 1.04 bits per heavy atom. The molecule has 0 radical (unpaired) electrons. The van der Waals surface area contributed by atoms with E-state index in [1.165, 1.54) is 18.1 Å². The molecule has 7 heteroatoms. The quantitative estimate of drug-likeness (QED) is 0.570. The van der Waals surface area contributed by atoms with Gasteiger partial charge in [0.1, 0.15) is 17.0 Å². The van der Waals surface area contributed by atoms with Crippen LogP contribution in [0.15, 0.2) is 58.8 Å². The highest BCUT2D eigenvalue weighted by atomic mass is 32.2. The fourth-order valence-corrected chi connectivity index (χ4v) is 3.65. The molecular weight excluding hydrogens is 332 g/mol. The highest BCUT2D eigenvalue weighted by Crippen LogP contribution is 2.35. The number of hydrogen-bond acceptors (Lipinski definition) is 6. The highest BCUT2D eigenvalue weighted by Gasteiger charge is 2.15. The monoisotopic (exact) mass is 348 g/mol. The van der Waals surface area contributed by atoms with E-state index in [1.807, 2.05) is 50.2 Å². The minimum absolute atomic E-state index is 0.506. The molecule has 0 saturated heterocycles. The van der Waals surface area contributed by atoms with Gasteiger partial charge in [0.25, 0.3) is 0 Å². The summed E-state index contributed by atoms with van der Waals surface area (Å²) in [6.07, 6.45) is 3.31. The molecule has 4 rings (SSSR count). The Hall–Kier alpha value is -2.93. The van der Waals surface area contributed by atoms with Crippen molar-refractivity contribution in [1.29, 1.82) is 0 Å². The van der Waals surface area contributed by atoms with Gasteiger partial charge < -0.3 is 5.73 Å². The summed E-state index contributed by atoms with van der Waals surface area (Å²) >= 11 is 1.49. The van der Waals surface area contributed by atoms with E-state index < -0.39 is 0 Å². The summed E-state index contributed by atoms with van der Waals surface area (Å²) in [5.41, 5.74) is 9.69. The minimum atomic E-state index is 0.506. The van der Waals surface area contributed by atoms with Crippen LogP contribution in [0.1, 0.15) is 11.4 Å². The van der Waals surface area contributed by atoms with E-state index in [-0.39, 0.29) is 0 Å². The molecule has 124 valence electrons. The molecule has 0 fully saturated rings. The first-order valence-electron chi connectivity index (χ1n) is 7.79. The summed E-state index contributed by atoms with van der Waals surface area (Å²) in [6.45, 7) is 3.92. The van der Waals surface area contributed by atoms with E-state index in [2.05, 4.69) is 20.1 Å². The van der Waals surface area contributed by atoms with Crippen LogP contribution < -0.4 is 5.73 Å². The molecule has 0 bridgehead atoms. The number of nitrogens with two attached hydrogens (primary N) is 1. The molecular formula is C18H16N6S. The van der Waals surface area contributed by atoms with Gasteiger partial charge >= 0.3 is 0 Å². The van der Waals surface area contributed by atoms with E-state index >= 15 is 0 Å². The van der Waals surface area contributed by atoms with Gasteiger partial charge in [0.05, 0.1) is 11.2 Å². The maximum atomic E-state index is 6.36. The van der Waals surface area contributed by atoms with Crippen LogP contribution in [-0.2, 0) is 0 Å². The SMILES string of the molecule is Cc1cc(C)n(-c2ncnc(Sc3cccc4cccnc34)c2N)n1. The Morgan fingerprint density at radius 3 is 2.68 bits per heavy atom. The number of hydrogen-bond donors (Lipinski definition) is 1. The molecule has 0 atom stereocenters. The smallest absolute Gasteiger partial charge is 0.181 e. The lowest BCUT2D eigenvalue weighted by Crippen LogP contribution is -2.08. The second kappa shape index (κ2) is 6.18. The lowest BCUT2D eigenvalue weighted by Gasteiger charge is -2.11. The zero-order valence-corrected chi connectivity index (χ0v) is 14.7. The van der Waals surface area contributed by atoms with Gasteiger partial charge in [0, 0.05) is 22.2 Å². The normalized spacial score (nSPS) is 11.1. The van der Waals surface area contributed by atoms with E-state index in [4.69, 9.17) is 5.73 Å². The minimum Gasteiger partial charge on any atom is -0.393 e. The van der Waals surface area contributed by atoms with Gasteiger partial charge in [-0.25, -0.2) is 14.6 Å². The molecule has 3 heterocycles. The first-order valence-corrected chi connectivity index (χ1v) is 8.61. The van der Waals surface area contributed by atoms with Gasteiger partial charge in [-0.3, -0.25) is 4.98 Å². The van der Waals surface area contributed by atoms with Crippen molar-refractivity contribution in [1.82, 2.24) is 24.7 Å².